The van der Waals surface area contributed by atoms with E-state index in [9.17, 15) is 4.79 Å². The molecule has 1 amide bonds. The van der Waals surface area contributed by atoms with E-state index in [0.29, 0.717) is 11.6 Å². The molecule has 0 fully saturated rings. The van der Waals surface area contributed by atoms with Crippen LogP contribution in [0.15, 0.2) is 41.1 Å². The van der Waals surface area contributed by atoms with Crippen LogP contribution in [0.3, 0.4) is 0 Å². The number of hydrogen-bond acceptors (Lipinski definition) is 4. The Bertz CT molecular complexity index is 818. The Morgan fingerprint density at radius 3 is 2.59 bits per heavy atom. The topological polar surface area (TPSA) is 73.0 Å². The molecule has 6 heteroatoms. The molecule has 0 aliphatic rings. The second kappa shape index (κ2) is 5.48. The molecule has 0 saturated carbocycles. The van der Waals surface area contributed by atoms with Crippen molar-refractivity contribution in [1.82, 2.24) is 14.7 Å². The molecule has 2 heterocycles. The van der Waals surface area contributed by atoms with Crippen molar-refractivity contribution in [2.24, 2.45) is 7.05 Å². The lowest BCUT2D eigenvalue weighted by molar-refractivity contribution is 0.101. The van der Waals surface area contributed by atoms with Crippen molar-refractivity contribution in [3.63, 3.8) is 0 Å². The molecular formula is C16H16N4O2. The van der Waals surface area contributed by atoms with E-state index in [1.54, 1.807) is 10.8 Å². The van der Waals surface area contributed by atoms with Gasteiger partial charge in [0.25, 0.3) is 5.91 Å². The van der Waals surface area contributed by atoms with E-state index in [0.717, 1.165) is 22.6 Å². The van der Waals surface area contributed by atoms with Crippen molar-refractivity contribution >= 4 is 11.8 Å². The minimum Gasteiger partial charge on any atom is -0.338 e. The van der Waals surface area contributed by atoms with Crippen molar-refractivity contribution in [3.8, 4) is 11.4 Å². The van der Waals surface area contributed by atoms with Gasteiger partial charge in [-0.25, -0.2) is 4.98 Å². The Balaban J connectivity index is 1.88. The lowest BCUT2D eigenvalue weighted by atomic mass is 10.2. The van der Waals surface area contributed by atoms with Crippen molar-refractivity contribution < 1.29 is 9.32 Å². The van der Waals surface area contributed by atoms with E-state index in [4.69, 9.17) is 4.52 Å². The highest BCUT2D eigenvalue weighted by atomic mass is 16.5. The largest absolute Gasteiger partial charge is 0.338 e. The number of imidazole rings is 1. The zero-order valence-corrected chi connectivity index (χ0v) is 12.6. The molecule has 0 spiro atoms. The number of anilines is 1. The Labute approximate surface area is 127 Å². The lowest BCUT2D eigenvalue weighted by Gasteiger charge is -2.06. The van der Waals surface area contributed by atoms with Crippen LogP contribution in [0.1, 0.15) is 21.7 Å². The zero-order valence-electron chi connectivity index (χ0n) is 12.6. The summed E-state index contributed by atoms with van der Waals surface area (Å²) in [5.41, 5.74) is 2.98. The maximum absolute atomic E-state index is 12.4. The first kappa shape index (κ1) is 14.1. The number of benzene rings is 1. The predicted octanol–water partition coefficient (Wildman–Crippen LogP) is 2.94. The molecule has 0 aliphatic heterocycles. The van der Waals surface area contributed by atoms with Gasteiger partial charge in [0.05, 0.1) is 11.9 Å². The molecule has 3 rings (SSSR count). The standard InChI is InChI=1S/C16H16N4O2/c1-10-11(2)19-22-16(10)18-15(21)13-9-17-14(20(13)3)12-7-5-4-6-8-12/h4-9H,1-3H3,(H,18,21). The van der Waals surface area contributed by atoms with E-state index < -0.39 is 0 Å². The van der Waals surface area contributed by atoms with Crippen LogP contribution in [-0.2, 0) is 7.05 Å². The molecule has 1 N–H and O–H groups in total. The van der Waals surface area contributed by atoms with E-state index >= 15 is 0 Å². The molecule has 1 aromatic carbocycles. The van der Waals surface area contributed by atoms with Crippen LogP contribution >= 0.6 is 0 Å². The van der Waals surface area contributed by atoms with Gasteiger partial charge in [-0.15, -0.1) is 0 Å². The van der Waals surface area contributed by atoms with Gasteiger partial charge in [-0.1, -0.05) is 35.5 Å². The van der Waals surface area contributed by atoms with Gasteiger partial charge in [0.15, 0.2) is 0 Å². The normalized spacial score (nSPS) is 10.7. The van der Waals surface area contributed by atoms with Gasteiger partial charge in [-0.05, 0) is 13.8 Å². The third-order valence-electron chi connectivity index (χ3n) is 3.64. The van der Waals surface area contributed by atoms with Gasteiger partial charge < -0.3 is 9.09 Å². The number of nitrogens with zero attached hydrogens (tertiary/aromatic N) is 3. The van der Waals surface area contributed by atoms with Crippen molar-refractivity contribution in [2.75, 3.05) is 5.32 Å². The molecule has 6 nitrogen and oxygen atoms in total. The summed E-state index contributed by atoms with van der Waals surface area (Å²) in [5.74, 6) is 0.817. The monoisotopic (exact) mass is 296 g/mol. The number of rotatable bonds is 3. The molecule has 0 aliphatic carbocycles. The minimum atomic E-state index is -0.281. The highest BCUT2D eigenvalue weighted by molar-refractivity contribution is 6.03. The van der Waals surface area contributed by atoms with Crippen LogP contribution in [0.25, 0.3) is 11.4 Å². The number of hydrogen-bond donors (Lipinski definition) is 1. The second-order valence-electron chi connectivity index (χ2n) is 5.07. The molecule has 0 radical (unpaired) electrons. The summed E-state index contributed by atoms with van der Waals surface area (Å²) in [7, 11) is 1.81. The Morgan fingerprint density at radius 1 is 1.23 bits per heavy atom. The predicted molar refractivity (Wildman–Crippen MR) is 82.6 cm³/mol. The van der Waals surface area contributed by atoms with Gasteiger partial charge >= 0.3 is 0 Å². The van der Waals surface area contributed by atoms with Crippen LogP contribution in [0.4, 0.5) is 5.88 Å². The van der Waals surface area contributed by atoms with Gasteiger partial charge in [-0.2, -0.15) is 0 Å². The minimum absolute atomic E-state index is 0.281. The van der Waals surface area contributed by atoms with Crippen molar-refractivity contribution in [1.29, 1.82) is 0 Å². The summed E-state index contributed by atoms with van der Waals surface area (Å²) in [6.45, 7) is 3.67. The quantitative estimate of drug-likeness (QED) is 0.806. The number of carbonyl (C=O) groups excluding carboxylic acids is 1. The summed E-state index contributed by atoms with van der Waals surface area (Å²) in [4.78, 5) is 16.7. The Kier molecular flexibility index (Phi) is 3.50. The first-order valence-electron chi connectivity index (χ1n) is 6.89. The van der Waals surface area contributed by atoms with E-state index in [-0.39, 0.29) is 5.91 Å². The average molecular weight is 296 g/mol. The van der Waals surface area contributed by atoms with E-state index in [2.05, 4.69) is 15.5 Å². The summed E-state index contributed by atoms with van der Waals surface area (Å²) in [6.07, 6.45) is 1.55. The van der Waals surface area contributed by atoms with E-state index in [1.807, 2.05) is 51.2 Å². The Morgan fingerprint density at radius 2 is 1.95 bits per heavy atom. The fraction of sp³-hybridized carbons (Fsp3) is 0.188. The molecule has 0 bridgehead atoms. The van der Waals surface area contributed by atoms with Gasteiger partial charge in [0.2, 0.25) is 5.88 Å². The second-order valence-corrected chi connectivity index (χ2v) is 5.07. The number of amides is 1. The van der Waals surface area contributed by atoms with Crippen LogP contribution in [0.2, 0.25) is 0 Å². The smallest absolute Gasteiger partial charge is 0.276 e. The molecule has 22 heavy (non-hydrogen) atoms. The third-order valence-corrected chi connectivity index (χ3v) is 3.64. The molecule has 3 aromatic rings. The fourth-order valence-corrected chi connectivity index (χ4v) is 2.18. The highest BCUT2D eigenvalue weighted by Crippen LogP contribution is 2.21. The number of carbonyl (C=O) groups is 1. The van der Waals surface area contributed by atoms with Gasteiger partial charge in [-0.3, -0.25) is 10.1 Å². The maximum Gasteiger partial charge on any atom is 0.276 e. The number of nitrogens with one attached hydrogen (secondary N) is 1. The number of aryl methyl sites for hydroxylation is 1. The molecule has 0 saturated heterocycles. The maximum atomic E-state index is 12.4. The first-order chi connectivity index (χ1) is 10.6. The number of aromatic nitrogens is 3. The summed E-state index contributed by atoms with van der Waals surface area (Å²) in [5, 5.41) is 6.55. The molecule has 2 aromatic heterocycles. The molecule has 112 valence electrons. The first-order valence-corrected chi connectivity index (χ1v) is 6.89. The molecular weight excluding hydrogens is 280 g/mol. The zero-order chi connectivity index (χ0) is 15.7. The average Bonchev–Trinajstić information content (AvgIpc) is 3.06. The summed E-state index contributed by atoms with van der Waals surface area (Å²) < 4.78 is 6.86. The SMILES string of the molecule is Cc1noc(NC(=O)c2cnc(-c3ccccc3)n2C)c1C. The summed E-state index contributed by atoms with van der Waals surface area (Å²) >= 11 is 0. The van der Waals surface area contributed by atoms with Gasteiger partial charge in [0, 0.05) is 18.2 Å². The Hall–Kier alpha value is -2.89. The fourth-order valence-electron chi connectivity index (χ4n) is 2.18. The van der Waals surface area contributed by atoms with Crippen molar-refractivity contribution in [2.45, 2.75) is 13.8 Å². The van der Waals surface area contributed by atoms with Crippen LogP contribution in [0, 0.1) is 13.8 Å². The highest BCUT2D eigenvalue weighted by Gasteiger charge is 2.18. The summed E-state index contributed by atoms with van der Waals surface area (Å²) in [6, 6.07) is 9.71. The van der Waals surface area contributed by atoms with Crippen LogP contribution in [0.5, 0.6) is 0 Å². The van der Waals surface area contributed by atoms with E-state index in [1.165, 1.54) is 0 Å². The molecule has 0 unspecified atom stereocenters. The lowest BCUT2D eigenvalue weighted by Crippen LogP contribution is -2.16. The van der Waals surface area contributed by atoms with Gasteiger partial charge in [0.1, 0.15) is 11.5 Å². The van der Waals surface area contributed by atoms with Crippen LogP contribution < -0.4 is 5.32 Å². The molecule has 0 atom stereocenters. The third kappa shape index (κ3) is 2.39. The van der Waals surface area contributed by atoms with Crippen LogP contribution in [-0.4, -0.2) is 20.6 Å². The van der Waals surface area contributed by atoms with Crippen molar-refractivity contribution in [3.05, 3.63) is 53.5 Å².